The van der Waals surface area contributed by atoms with Crippen LogP contribution >= 0.6 is 0 Å². The van der Waals surface area contributed by atoms with E-state index in [0.717, 1.165) is 5.56 Å². The Bertz CT molecular complexity index is 949. The molecular weight excluding hydrogens is 440 g/mol. The highest BCUT2D eigenvalue weighted by Crippen LogP contribution is 2.13. The molecule has 0 aromatic heterocycles. The molecule has 2 amide bonds. The fourth-order valence-electron chi connectivity index (χ4n) is 3.36. The van der Waals surface area contributed by atoms with Gasteiger partial charge in [0.15, 0.2) is 0 Å². The predicted octanol–water partition coefficient (Wildman–Crippen LogP) is 0.394. The van der Waals surface area contributed by atoms with E-state index in [9.17, 15) is 29.7 Å². The highest BCUT2D eigenvalue weighted by molar-refractivity contribution is 5.92. The lowest BCUT2D eigenvalue weighted by Gasteiger charge is -2.23. The monoisotopic (exact) mass is 472 g/mol. The van der Waals surface area contributed by atoms with E-state index in [0.29, 0.717) is 24.9 Å². The van der Waals surface area contributed by atoms with Gasteiger partial charge in [-0.25, -0.2) is 4.79 Å². The third-order valence-electron chi connectivity index (χ3n) is 5.30. The zero-order chi connectivity index (χ0) is 25.1. The molecule has 2 rings (SSSR count). The molecule has 0 bridgehead atoms. The first-order valence-corrected chi connectivity index (χ1v) is 11.0. The van der Waals surface area contributed by atoms with Crippen molar-refractivity contribution in [1.82, 2.24) is 10.6 Å². The molecule has 0 aliphatic heterocycles. The number of hydrogen-bond acceptors (Lipinski definition) is 7. The number of nitrogens with one attached hydrogen (secondary N) is 2. The number of amides is 2. The quantitative estimate of drug-likeness (QED) is 0.204. The van der Waals surface area contributed by atoms with Crippen molar-refractivity contribution < 1.29 is 29.7 Å². The lowest BCUT2D eigenvalue weighted by Crippen LogP contribution is -2.55. The zero-order valence-corrected chi connectivity index (χ0v) is 18.8. The Balaban J connectivity index is 2.12. The number of hydrogen-bond donors (Lipinski definition) is 7. The highest BCUT2D eigenvalue weighted by atomic mass is 16.4. The number of carbonyl (C=O) groups is 3. The molecule has 0 aliphatic carbocycles. The van der Waals surface area contributed by atoms with E-state index in [1.165, 1.54) is 24.3 Å². The standard InChI is InChI=1S/C24H32N4O6/c25-12-2-1-3-20(24(33)34)27-23(32)21(14-16-6-10-18(30)11-7-16)28-22(31)19(26)13-15-4-8-17(29)9-5-15/h4-11,19-21,29-30H,1-3,12-14,25-26H2,(H,27,32)(H,28,31)(H,33,34)/t19-,20-,21-/m0/s1. The lowest BCUT2D eigenvalue weighted by molar-refractivity contribution is -0.142. The van der Waals surface area contributed by atoms with E-state index < -0.39 is 35.9 Å². The van der Waals surface area contributed by atoms with E-state index in [4.69, 9.17) is 11.5 Å². The Morgan fingerprint density at radius 1 is 0.765 bits per heavy atom. The van der Waals surface area contributed by atoms with Gasteiger partial charge in [0.25, 0.3) is 0 Å². The minimum absolute atomic E-state index is 0.0514. The Kier molecular flexibility index (Phi) is 10.3. The molecule has 9 N–H and O–H groups in total. The molecule has 184 valence electrons. The smallest absolute Gasteiger partial charge is 0.326 e. The minimum Gasteiger partial charge on any atom is -0.508 e. The van der Waals surface area contributed by atoms with Gasteiger partial charge in [-0.3, -0.25) is 9.59 Å². The SMILES string of the molecule is NCCCC[C@H](NC(=O)[C@H](Cc1ccc(O)cc1)NC(=O)[C@@H](N)Cc1ccc(O)cc1)C(=O)O. The number of unbranched alkanes of at least 4 members (excludes halogenated alkanes) is 1. The van der Waals surface area contributed by atoms with E-state index in [-0.39, 0.29) is 30.8 Å². The zero-order valence-electron chi connectivity index (χ0n) is 18.8. The van der Waals surface area contributed by atoms with Crippen molar-refractivity contribution in [2.24, 2.45) is 11.5 Å². The average Bonchev–Trinajstić information content (AvgIpc) is 2.80. The van der Waals surface area contributed by atoms with Gasteiger partial charge < -0.3 is 37.4 Å². The number of carboxylic acids is 1. The van der Waals surface area contributed by atoms with Crippen LogP contribution in [0.5, 0.6) is 11.5 Å². The van der Waals surface area contributed by atoms with Crippen molar-refractivity contribution in [1.29, 1.82) is 0 Å². The van der Waals surface area contributed by atoms with Crippen LogP contribution in [0, 0.1) is 0 Å². The number of carboxylic acid groups (broad SMARTS) is 1. The molecule has 3 atom stereocenters. The minimum atomic E-state index is -1.18. The van der Waals surface area contributed by atoms with Gasteiger partial charge in [-0.2, -0.15) is 0 Å². The summed E-state index contributed by atoms with van der Waals surface area (Å²) in [6, 6.07) is 9.19. The summed E-state index contributed by atoms with van der Waals surface area (Å²) < 4.78 is 0. The molecule has 2 aromatic rings. The fraction of sp³-hybridized carbons (Fsp3) is 0.375. The summed E-state index contributed by atoms with van der Waals surface area (Å²) in [6.45, 7) is 0.415. The Labute approximate surface area is 198 Å². The second-order valence-corrected chi connectivity index (χ2v) is 8.09. The summed E-state index contributed by atoms with van der Waals surface area (Å²) in [7, 11) is 0. The number of phenols is 2. The topological polar surface area (TPSA) is 188 Å². The molecule has 0 heterocycles. The first kappa shape index (κ1) is 26.6. The van der Waals surface area contributed by atoms with Crippen molar-refractivity contribution in [3.63, 3.8) is 0 Å². The van der Waals surface area contributed by atoms with Crippen LogP contribution in [0.15, 0.2) is 48.5 Å². The number of phenolic OH excluding ortho intramolecular Hbond substituents is 2. The van der Waals surface area contributed by atoms with Crippen molar-refractivity contribution in [3.05, 3.63) is 59.7 Å². The number of benzene rings is 2. The van der Waals surface area contributed by atoms with Crippen LogP contribution in [0.4, 0.5) is 0 Å². The maximum Gasteiger partial charge on any atom is 0.326 e. The largest absolute Gasteiger partial charge is 0.508 e. The van der Waals surface area contributed by atoms with Crippen LogP contribution in [0.25, 0.3) is 0 Å². The van der Waals surface area contributed by atoms with Gasteiger partial charge in [0, 0.05) is 6.42 Å². The van der Waals surface area contributed by atoms with Crippen molar-refractivity contribution in [2.75, 3.05) is 6.54 Å². The third-order valence-corrected chi connectivity index (χ3v) is 5.30. The summed E-state index contributed by atoms with van der Waals surface area (Å²) in [5.74, 6) is -2.27. The van der Waals surface area contributed by atoms with Gasteiger partial charge >= 0.3 is 5.97 Å². The van der Waals surface area contributed by atoms with E-state index >= 15 is 0 Å². The van der Waals surface area contributed by atoms with Gasteiger partial charge in [0.2, 0.25) is 11.8 Å². The second kappa shape index (κ2) is 13.2. The van der Waals surface area contributed by atoms with Gasteiger partial charge in [-0.15, -0.1) is 0 Å². The predicted molar refractivity (Wildman–Crippen MR) is 126 cm³/mol. The molecule has 0 unspecified atom stereocenters. The summed E-state index contributed by atoms with van der Waals surface area (Å²) in [5, 5.41) is 33.5. The normalized spacial score (nSPS) is 13.5. The number of aliphatic carboxylic acids is 1. The summed E-state index contributed by atoms with van der Waals surface area (Å²) in [5.41, 5.74) is 12.9. The molecule has 0 saturated carbocycles. The van der Waals surface area contributed by atoms with Crippen LogP contribution in [-0.2, 0) is 27.2 Å². The Hall–Kier alpha value is -3.63. The highest BCUT2D eigenvalue weighted by Gasteiger charge is 2.28. The third kappa shape index (κ3) is 8.72. The van der Waals surface area contributed by atoms with Crippen molar-refractivity contribution >= 4 is 17.8 Å². The van der Waals surface area contributed by atoms with Gasteiger partial charge in [0.05, 0.1) is 6.04 Å². The average molecular weight is 473 g/mol. The van der Waals surface area contributed by atoms with E-state index in [1.807, 2.05) is 0 Å². The molecule has 0 saturated heterocycles. The second-order valence-electron chi connectivity index (χ2n) is 8.09. The van der Waals surface area contributed by atoms with Gasteiger partial charge in [0.1, 0.15) is 23.6 Å². The molecule has 10 nitrogen and oxygen atoms in total. The van der Waals surface area contributed by atoms with E-state index in [2.05, 4.69) is 10.6 Å². The molecule has 2 aromatic carbocycles. The van der Waals surface area contributed by atoms with Crippen molar-refractivity contribution in [3.8, 4) is 11.5 Å². The maximum absolute atomic E-state index is 13.0. The fourth-order valence-corrected chi connectivity index (χ4v) is 3.36. The Morgan fingerprint density at radius 3 is 1.76 bits per heavy atom. The number of rotatable bonds is 13. The molecule has 0 spiro atoms. The number of nitrogens with two attached hydrogens (primary N) is 2. The van der Waals surface area contributed by atoms with Crippen molar-refractivity contribution in [2.45, 2.75) is 50.2 Å². The van der Waals surface area contributed by atoms with Crippen LogP contribution in [-0.4, -0.2) is 57.8 Å². The number of aromatic hydroxyl groups is 2. The van der Waals surface area contributed by atoms with Gasteiger partial charge in [-0.1, -0.05) is 24.3 Å². The summed E-state index contributed by atoms with van der Waals surface area (Å²) in [4.78, 5) is 37.4. The van der Waals surface area contributed by atoms with Gasteiger partial charge in [-0.05, 0) is 67.6 Å². The molecule has 0 aliphatic rings. The molecule has 10 heteroatoms. The first-order chi connectivity index (χ1) is 16.2. The molecule has 0 radical (unpaired) electrons. The van der Waals surface area contributed by atoms with E-state index in [1.54, 1.807) is 24.3 Å². The molecule has 0 fully saturated rings. The first-order valence-electron chi connectivity index (χ1n) is 11.0. The lowest BCUT2D eigenvalue weighted by atomic mass is 10.0. The number of carbonyl (C=O) groups excluding carboxylic acids is 2. The van der Waals surface area contributed by atoms with Crippen LogP contribution in [0.2, 0.25) is 0 Å². The van der Waals surface area contributed by atoms with Crippen LogP contribution in [0.1, 0.15) is 30.4 Å². The molecular formula is C24H32N4O6. The van der Waals surface area contributed by atoms with Crippen LogP contribution in [0.3, 0.4) is 0 Å². The summed E-state index contributed by atoms with van der Waals surface area (Å²) in [6.07, 6.45) is 1.60. The molecule has 34 heavy (non-hydrogen) atoms. The maximum atomic E-state index is 13.0. The summed E-state index contributed by atoms with van der Waals surface area (Å²) >= 11 is 0. The van der Waals surface area contributed by atoms with Crippen LogP contribution < -0.4 is 22.1 Å². The Morgan fingerprint density at radius 2 is 1.26 bits per heavy atom.